The number of benzene rings is 4. The summed E-state index contributed by atoms with van der Waals surface area (Å²) >= 11 is 0. The van der Waals surface area contributed by atoms with E-state index in [0.29, 0.717) is 30.5 Å². The molecule has 0 spiro atoms. The minimum Gasteiger partial charge on any atom is -0.508 e. The van der Waals surface area contributed by atoms with Crippen LogP contribution in [0.15, 0.2) is 117 Å². The summed E-state index contributed by atoms with van der Waals surface area (Å²) in [6, 6.07) is 24.6. The maximum Gasteiger partial charge on any atom is 0.206 e. The summed E-state index contributed by atoms with van der Waals surface area (Å²) in [5.41, 5.74) is 0. The molecule has 4 aromatic rings. The van der Waals surface area contributed by atoms with Gasteiger partial charge in [0.1, 0.15) is 23.0 Å². The van der Waals surface area contributed by atoms with Crippen LogP contribution in [0.3, 0.4) is 0 Å². The third-order valence-corrected chi connectivity index (χ3v) is 10.1. The van der Waals surface area contributed by atoms with Crippen LogP contribution < -0.4 is 14.2 Å². The van der Waals surface area contributed by atoms with Crippen molar-refractivity contribution >= 4 is 19.7 Å². The summed E-state index contributed by atoms with van der Waals surface area (Å²) in [7, 11) is -7.30. The Morgan fingerprint density at radius 1 is 0.512 bits per heavy atom. The number of ether oxygens (including phenoxy) is 3. The van der Waals surface area contributed by atoms with Crippen LogP contribution in [-0.4, -0.2) is 41.3 Å². The van der Waals surface area contributed by atoms with Crippen LogP contribution in [0.4, 0.5) is 0 Å². The predicted octanol–water partition coefficient (Wildman–Crippen LogP) is 6.86. The molecule has 4 aromatic carbocycles. The van der Waals surface area contributed by atoms with Crippen molar-refractivity contribution in [2.75, 3.05) is 13.2 Å². The zero-order valence-electron chi connectivity index (χ0n) is 24.2. The van der Waals surface area contributed by atoms with Crippen molar-refractivity contribution in [3.63, 3.8) is 0 Å². The van der Waals surface area contributed by atoms with E-state index in [1.54, 1.807) is 60.7 Å². The fourth-order valence-corrected chi connectivity index (χ4v) is 6.76. The molecule has 0 aromatic heterocycles. The molecule has 0 saturated heterocycles. The third-order valence-electron chi connectivity index (χ3n) is 6.50. The van der Waals surface area contributed by atoms with E-state index in [4.69, 9.17) is 14.2 Å². The van der Waals surface area contributed by atoms with Gasteiger partial charge >= 0.3 is 0 Å². The van der Waals surface area contributed by atoms with Crippen molar-refractivity contribution in [1.82, 2.24) is 0 Å². The number of unbranched alkanes of at least 4 members (excludes halogenated alkanes) is 3. The molecular formula is C33H36O8S2. The second-order valence-corrected chi connectivity index (χ2v) is 14.1. The fraction of sp³-hybridized carbons (Fsp3) is 0.273. The number of aromatic hydroxyl groups is 1. The minimum absolute atomic E-state index is 0.00613. The highest BCUT2D eigenvalue weighted by Crippen LogP contribution is 2.26. The first-order chi connectivity index (χ1) is 20.6. The van der Waals surface area contributed by atoms with Gasteiger partial charge in [-0.05, 0) is 137 Å². The molecule has 0 aliphatic heterocycles. The van der Waals surface area contributed by atoms with Crippen molar-refractivity contribution in [2.45, 2.75) is 65.2 Å². The molecule has 10 heteroatoms. The average Bonchev–Trinajstić information content (AvgIpc) is 2.99. The number of phenols is 1. The lowest BCUT2D eigenvalue weighted by Gasteiger charge is -2.11. The van der Waals surface area contributed by atoms with Crippen LogP contribution in [0.2, 0.25) is 0 Å². The fourth-order valence-electron chi connectivity index (χ4n) is 4.23. The van der Waals surface area contributed by atoms with Crippen molar-refractivity contribution < 1.29 is 36.2 Å². The SMILES string of the molecule is CC(C)Oc1ccc(S(=O)(=O)c2ccc(OCCCCCCOc3ccc(S(=O)(=O)c4ccc(O)cc4)cc3)cc2)cc1. The third kappa shape index (κ3) is 8.75. The largest absolute Gasteiger partial charge is 0.508 e. The van der Waals surface area contributed by atoms with E-state index < -0.39 is 19.7 Å². The molecule has 0 amide bonds. The maximum absolute atomic E-state index is 12.9. The highest BCUT2D eigenvalue weighted by molar-refractivity contribution is 7.91. The molecule has 1 N–H and O–H groups in total. The van der Waals surface area contributed by atoms with Gasteiger partial charge in [-0.1, -0.05) is 0 Å². The summed E-state index contributed by atoms with van der Waals surface area (Å²) in [5.74, 6) is 1.83. The molecular weight excluding hydrogens is 588 g/mol. The predicted molar refractivity (Wildman–Crippen MR) is 164 cm³/mol. The van der Waals surface area contributed by atoms with Gasteiger partial charge in [0, 0.05) is 0 Å². The highest BCUT2D eigenvalue weighted by atomic mass is 32.2. The smallest absolute Gasteiger partial charge is 0.206 e. The van der Waals surface area contributed by atoms with E-state index >= 15 is 0 Å². The molecule has 0 unspecified atom stereocenters. The van der Waals surface area contributed by atoms with Crippen LogP contribution in [-0.2, 0) is 19.7 Å². The molecule has 4 rings (SSSR count). The Hall–Kier alpha value is -4.02. The first-order valence-corrected chi connectivity index (χ1v) is 17.0. The molecule has 8 nitrogen and oxygen atoms in total. The van der Waals surface area contributed by atoms with Gasteiger partial charge < -0.3 is 19.3 Å². The molecule has 43 heavy (non-hydrogen) atoms. The second kappa shape index (κ2) is 14.4. The van der Waals surface area contributed by atoms with Crippen molar-refractivity contribution in [3.05, 3.63) is 97.1 Å². The van der Waals surface area contributed by atoms with E-state index in [0.717, 1.165) is 25.7 Å². The Labute approximate surface area is 253 Å². The van der Waals surface area contributed by atoms with Crippen molar-refractivity contribution in [1.29, 1.82) is 0 Å². The van der Waals surface area contributed by atoms with E-state index in [2.05, 4.69) is 0 Å². The average molecular weight is 625 g/mol. The number of phenolic OH excluding ortho intramolecular Hbond substituents is 1. The lowest BCUT2D eigenvalue weighted by Crippen LogP contribution is -2.06. The monoisotopic (exact) mass is 624 g/mol. The van der Waals surface area contributed by atoms with Crippen LogP contribution in [0.1, 0.15) is 39.5 Å². The molecule has 228 valence electrons. The van der Waals surface area contributed by atoms with E-state index in [9.17, 15) is 21.9 Å². The molecule has 0 aliphatic rings. The lowest BCUT2D eigenvalue weighted by atomic mass is 10.2. The molecule has 0 radical (unpaired) electrons. The van der Waals surface area contributed by atoms with E-state index in [1.807, 2.05) is 13.8 Å². The number of rotatable bonds is 15. The summed E-state index contributed by atoms with van der Waals surface area (Å²) in [6.07, 6.45) is 3.57. The zero-order valence-corrected chi connectivity index (χ0v) is 25.8. The van der Waals surface area contributed by atoms with Gasteiger partial charge in [0.15, 0.2) is 0 Å². The first-order valence-electron chi connectivity index (χ1n) is 14.1. The Balaban J connectivity index is 1.14. The van der Waals surface area contributed by atoms with Crippen LogP contribution in [0.25, 0.3) is 0 Å². The highest BCUT2D eigenvalue weighted by Gasteiger charge is 2.19. The summed E-state index contributed by atoms with van der Waals surface area (Å²) < 4.78 is 68.4. The van der Waals surface area contributed by atoms with Gasteiger partial charge in [0.05, 0.1) is 38.9 Å². The number of hydrogen-bond acceptors (Lipinski definition) is 8. The first kappa shape index (κ1) is 31.9. The van der Waals surface area contributed by atoms with Gasteiger partial charge in [-0.2, -0.15) is 0 Å². The summed E-state index contributed by atoms with van der Waals surface area (Å²) in [6.45, 7) is 4.85. The van der Waals surface area contributed by atoms with Crippen molar-refractivity contribution in [2.24, 2.45) is 0 Å². The van der Waals surface area contributed by atoms with Crippen LogP contribution in [0, 0.1) is 0 Å². The maximum atomic E-state index is 12.9. The van der Waals surface area contributed by atoms with Gasteiger partial charge in [0.2, 0.25) is 19.7 Å². The standard InChI is InChI=1S/C33H36O8S2/c1-25(2)41-29-13-21-33(22-14-29)43(37,38)32-19-11-28(12-20-32)40-24-6-4-3-5-23-39-27-9-17-31(18-10-27)42(35,36)30-15-7-26(34)8-16-30/h7-22,25,34H,3-6,23-24H2,1-2H3. The molecule has 0 fully saturated rings. The molecule has 0 atom stereocenters. The second-order valence-electron chi connectivity index (χ2n) is 10.2. The molecule has 0 saturated carbocycles. The lowest BCUT2D eigenvalue weighted by molar-refractivity contribution is 0.242. The Morgan fingerprint density at radius 3 is 1.19 bits per heavy atom. The number of hydrogen-bond donors (Lipinski definition) is 1. The molecule has 0 heterocycles. The van der Waals surface area contributed by atoms with Gasteiger partial charge in [0.25, 0.3) is 0 Å². The normalized spacial score (nSPS) is 11.8. The Kier molecular flexibility index (Phi) is 10.7. The van der Waals surface area contributed by atoms with Gasteiger partial charge in [-0.25, -0.2) is 16.8 Å². The quantitative estimate of drug-likeness (QED) is 0.143. The van der Waals surface area contributed by atoms with Crippen LogP contribution >= 0.6 is 0 Å². The molecule has 0 bridgehead atoms. The Morgan fingerprint density at radius 2 is 0.837 bits per heavy atom. The summed E-state index contributed by atoms with van der Waals surface area (Å²) in [4.78, 5) is 0.676. The molecule has 0 aliphatic carbocycles. The topological polar surface area (TPSA) is 116 Å². The van der Waals surface area contributed by atoms with Crippen molar-refractivity contribution in [3.8, 4) is 23.0 Å². The van der Waals surface area contributed by atoms with E-state index in [-0.39, 0.29) is 31.4 Å². The zero-order chi connectivity index (χ0) is 30.9. The van der Waals surface area contributed by atoms with Crippen LogP contribution in [0.5, 0.6) is 23.0 Å². The van der Waals surface area contributed by atoms with Gasteiger partial charge in [-0.3, -0.25) is 0 Å². The van der Waals surface area contributed by atoms with E-state index in [1.165, 1.54) is 36.4 Å². The number of sulfone groups is 2. The summed E-state index contributed by atoms with van der Waals surface area (Å²) in [5, 5.41) is 9.38. The van der Waals surface area contributed by atoms with Gasteiger partial charge in [-0.15, -0.1) is 0 Å². The Bertz CT molecular complexity index is 1660. The minimum atomic E-state index is -3.66.